The average Bonchev–Trinajstić information content (AvgIpc) is 3.20. The summed E-state index contributed by atoms with van der Waals surface area (Å²) in [5.74, 6) is 0.534. The van der Waals surface area contributed by atoms with Crippen LogP contribution in [0.2, 0.25) is 0 Å². The van der Waals surface area contributed by atoms with Crippen molar-refractivity contribution < 1.29 is 4.79 Å². The first-order valence-corrected chi connectivity index (χ1v) is 9.25. The van der Waals surface area contributed by atoms with E-state index in [4.69, 9.17) is 10.7 Å². The highest BCUT2D eigenvalue weighted by molar-refractivity contribution is 5.92. The number of hydrogen-bond acceptors (Lipinski definition) is 4. The van der Waals surface area contributed by atoms with Crippen LogP contribution in [0.3, 0.4) is 0 Å². The van der Waals surface area contributed by atoms with Gasteiger partial charge < -0.3 is 10.7 Å². The van der Waals surface area contributed by atoms with Crippen LogP contribution in [-0.2, 0) is 19.5 Å². The van der Waals surface area contributed by atoms with Gasteiger partial charge in [-0.05, 0) is 48.6 Å². The van der Waals surface area contributed by atoms with Crippen molar-refractivity contribution in [2.75, 3.05) is 0 Å². The van der Waals surface area contributed by atoms with Crippen LogP contribution in [0.1, 0.15) is 51.9 Å². The third kappa shape index (κ3) is 3.90. The number of rotatable bonds is 6. The van der Waals surface area contributed by atoms with Gasteiger partial charge in [-0.25, -0.2) is 4.98 Å². The zero-order valence-corrected chi connectivity index (χ0v) is 15.1. The van der Waals surface area contributed by atoms with Gasteiger partial charge in [0.25, 0.3) is 0 Å². The number of nitrogens with zero attached hydrogens (tertiary/aromatic N) is 3. The molecule has 0 bridgehead atoms. The summed E-state index contributed by atoms with van der Waals surface area (Å²) in [6, 6.07) is 12.0. The number of nitrogens with one attached hydrogen (secondary N) is 1. The highest BCUT2D eigenvalue weighted by atomic mass is 16.1. The standard InChI is InChI=1S/C21H23N5O/c22-21(27)17-8-6-15(7-9-17)13-26(14-19-23-11-12-24-19)18-5-1-3-16-4-2-10-25-20(16)18/h2,4,6-12,18H,1,3,5,13-14H2,(H2,22,27)(H,23,24). The Labute approximate surface area is 158 Å². The Hall–Kier alpha value is -2.99. The van der Waals surface area contributed by atoms with E-state index in [0.29, 0.717) is 12.1 Å². The monoisotopic (exact) mass is 361 g/mol. The molecule has 3 N–H and O–H groups in total. The Morgan fingerprint density at radius 3 is 2.74 bits per heavy atom. The van der Waals surface area contributed by atoms with Crippen molar-refractivity contribution >= 4 is 5.91 Å². The highest BCUT2D eigenvalue weighted by Gasteiger charge is 2.27. The first kappa shape index (κ1) is 17.4. The fraction of sp³-hybridized carbons (Fsp3) is 0.286. The van der Waals surface area contributed by atoms with Crippen LogP contribution in [0.5, 0.6) is 0 Å². The number of H-pyrrole nitrogens is 1. The molecule has 1 unspecified atom stereocenters. The van der Waals surface area contributed by atoms with Gasteiger partial charge in [0, 0.05) is 30.7 Å². The topological polar surface area (TPSA) is 87.9 Å². The van der Waals surface area contributed by atoms with Gasteiger partial charge in [0.15, 0.2) is 0 Å². The maximum atomic E-state index is 11.3. The quantitative estimate of drug-likeness (QED) is 0.706. The molecule has 1 aromatic carbocycles. The number of aromatic nitrogens is 3. The number of amides is 1. The number of imidazole rings is 1. The minimum atomic E-state index is -0.403. The lowest BCUT2D eigenvalue weighted by molar-refractivity contribution is 0.1000. The van der Waals surface area contributed by atoms with E-state index in [1.54, 1.807) is 18.3 Å². The molecule has 0 aliphatic heterocycles. The molecule has 1 amide bonds. The highest BCUT2D eigenvalue weighted by Crippen LogP contribution is 2.34. The van der Waals surface area contributed by atoms with Gasteiger partial charge >= 0.3 is 0 Å². The van der Waals surface area contributed by atoms with Crippen molar-refractivity contribution in [1.29, 1.82) is 0 Å². The van der Waals surface area contributed by atoms with E-state index in [9.17, 15) is 4.79 Å². The molecular formula is C21H23N5O. The minimum absolute atomic E-state index is 0.246. The van der Waals surface area contributed by atoms with Crippen LogP contribution in [0, 0.1) is 0 Å². The fourth-order valence-corrected chi connectivity index (χ4v) is 3.80. The molecule has 138 valence electrons. The largest absolute Gasteiger partial charge is 0.366 e. The van der Waals surface area contributed by atoms with Gasteiger partial charge in [0.1, 0.15) is 5.82 Å². The Bertz CT molecular complexity index is 905. The second-order valence-corrected chi connectivity index (χ2v) is 6.96. The molecule has 27 heavy (non-hydrogen) atoms. The van der Waals surface area contributed by atoms with Gasteiger partial charge in [-0.1, -0.05) is 18.2 Å². The molecule has 0 radical (unpaired) electrons. The maximum Gasteiger partial charge on any atom is 0.248 e. The van der Waals surface area contributed by atoms with Gasteiger partial charge in [0.2, 0.25) is 5.91 Å². The number of hydrogen-bond donors (Lipinski definition) is 2. The molecule has 2 heterocycles. The van der Waals surface area contributed by atoms with E-state index < -0.39 is 5.91 Å². The summed E-state index contributed by atoms with van der Waals surface area (Å²) in [5.41, 5.74) is 9.52. The maximum absolute atomic E-state index is 11.3. The molecule has 6 nitrogen and oxygen atoms in total. The number of fused-ring (bicyclic) bond motifs is 1. The van der Waals surface area contributed by atoms with Crippen molar-refractivity contribution in [2.45, 2.75) is 38.4 Å². The number of aromatic amines is 1. The predicted molar refractivity (Wildman–Crippen MR) is 103 cm³/mol. The SMILES string of the molecule is NC(=O)c1ccc(CN(Cc2ncc[nH]2)C2CCCc3cccnc32)cc1. The Balaban J connectivity index is 1.62. The first-order valence-electron chi connectivity index (χ1n) is 9.25. The van der Waals surface area contributed by atoms with E-state index in [0.717, 1.165) is 37.2 Å². The molecule has 0 spiro atoms. The summed E-state index contributed by atoms with van der Waals surface area (Å²) >= 11 is 0. The lowest BCUT2D eigenvalue weighted by Crippen LogP contribution is -2.31. The van der Waals surface area contributed by atoms with Crippen molar-refractivity contribution in [3.8, 4) is 0 Å². The van der Waals surface area contributed by atoms with Crippen molar-refractivity contribution in [3.05, 3.63) is 83.2 Å². The van der Waals surface area contributed by atoms with E-state index in [1.807, 2.05) is 30.6 Å². The van der Waals surface area contributed by atoms with Crippen LogP contribution < -0.4 is 5.73 Å². The molecule has 1 aliphatic carbocycles. The van der Waals surface area contributed by atoms with Crippen LogP contribution >= 0.6 is 0 Å². The normalized spacial score (nSPS) is 16.3. The number of aryl methyl sites for hydroxylation is 1. The Morgan fingerprint density at radius 1 is 1.15 bits per heavy atom. The third-order valence-corrected chi connectivity index (χ3v) is 5.14. The van der Waals surface area contributed by atoms with Crippen LogP contribution in [0.15, 0.2) is 55.0 Å². The summed E-state index contributed by atoms with van der Waals surface area (Å²) in [6.07, 6.45) is 8.82. The molecule has 3 aromatic rings. The molecule has 6 heteroatoms. The van der Waals surface area contributed by atoms with Gasteiger partial charge in [-0.15, -0.1) is 0 Å². The number of pyridine rings is 1. The van der Waals surface area contributed by atoms with Crippen LogP contribution in [0.25, 0.3) is 0 Å². The predicted octanol–water partition coefficient (Wildman–Crippen LogP) is 2.98. The summed E-state index contributed by atoms with van der Waals surface area (Å²) in [6.45, 7) is 1.46. The lowest BCUT2D eigenvalue weighted by Gasteiger charge is -2.34. The second-order valence-electron chi connectivity index (χ2n) is 6.96. The number of carbonyl (C=O) groups is 1. The van der Waals surface area contributed by atoms with Gasteiger partial charge in [-0.2, -0.15) is 0 Å². The van der Waals surface area contributed by atoms with E-state index >= 15 is 0 Å². The molecule has 0 saturated carbocycles. The molecule has 2 aromatic heterocycles. The summed E-state index contributed by atoms with van der Waals surface area (Å²) in [4.78, 5) is 26.0. The van der Waals surface area contributed by atoms with Gasteiger partial charge in [0.05, 0.1) is 18.3 Å². The van der Waals surface area contributed by atoms with E-state index in [2.05, 4.69) is 20.9 Å². The fourth-order valence-electron chi connectivity index (χ4n) is 3.80. The second kappa shape index (κ2) is 7.72. The zero-order chi connectivity index (χ0) is 18.6. The summed E-state index contributed by atoms with van der Waals surface area (Å²) in [7, 11) is 0. The Kier molecular flexibility index (Phi) is 4.98. The van der Waals surface area contributed by atoms with Crippen molar-refractivity contribution in [1.82, 2.24) is 19.9 Å². The zero-order valence-electron chi connectivity index (χ0n) is 15.1. The van der Waals surface area contributed by atoms with Crippen molar-refractivity contribution in [3.63, 3.8) is 0 Å². The molecular weight excluding hydrogens is 338 g/mol. The van der Waals surface area contributed by atoms with Crippen molar-refractivity contribution in [2.24, 2.45) is 5.73 Å². The Morgan fingerprint density at radius 2 is 2.00 bits per heavy atom. The summed E-state index contributed by atoms with van der Waals surface area (Å²) < 4.78 is 0. The first-order chi connectivity index (χ1) is 13.2. The lowest BCUT2D eigenvalue weighted by atomic mass is 9.90. The van der Waals surface area contributed by atoms with Crippen LogP contribution in [0.4, 0.5) is 0 Å². The average molecular weight is 361 g/mol. The number of nitrogens with two attached hydrogens (primary N) is 1. The smallest absolute Gasteiger partial charge is 0.248 e. The van der Waals surface area contributed by atoms with Gasteiger partial charge in [-0.3, -0.25) is 14.7 Å². The molecule has 1 aliphatic rings. The summed E-state index contributed by atoms with van der Waals surface area (Å²) in [5, 5.41) is 0. The van der Waals surface area contributed by atoms with E-state index in [1.165, 1.54) is 11.3 Å². The third-order valence-electron chi connectivity index (χ3n) is 5.14. The number of carbonyl (C=O) groups excluding carboxylic acids is 1. The molecule has 0 fully saturated rings. The van der Waals surface area contributed by atoms with E-state index in [-0.39, 0.29) is 6.04 Å². The minimum Gasteiger partial charge on any atom is -0.366 e. The molecule has 0 saturated heterocycles. The molecule has 4 rings (SSSR count). The van der Waals surface area contributed by atoms with Crippen LogP contribution in [-0.4, -0.2) is 25.8 Å². The number of benzene rings is 1. The number of primary amides is 1. The molecule has 1 atom stereocenters.